The van der Waals surface area contributed by atoms with E-state index in [1.54, 1.807) is 72.8 Å². The van der Waals surface area contributed by atoms with Crippen LogP contribution in [0, 0.1) is 0 Å². The van der Waals surface area contributed by atoms with E-state index in [2.05, 4.69) is 31.7 Å². The highest BCUT2D eigenvalue weighted by Crippen LogP contribution is 2.45. The lowest BCUT2D eigenvalue weighted by Gasteiger charge is -2.19. The summed E-state index contributed by atoms with van der Waals surface area (Å²) in [6.45, 7) is 0. The normalized spacial score (nSPS) is 10.6. The van der Waals surface area contributed by atoms with Gasteiger partial charge in [-0.1, -0.05) is 72.8 Å². The van der Waals surface area contributed by atoms with Crippen LogP contribution in [-0.2, 0) is 0 Å². The van der Waals surface area contributed by atoms with Crippen molar-refractivity contribution < 1.29 is 19.2 Å². The fourth-order valence-electron chi connectivity index (χ4n) is 4.25. The number of nitrogens with one attached hydrogen (secondary N) is 4. The van der Waals surface area contributed by atoms with Crippen LogP contribution in [0.4, 0.5) is 39.2 Å². The van der Waals surface area contributed by atoms with Crippen LogP contribution >= 0.6 is 11.3 Å². The molecule has 0 saturated carbocycles. The number of benzene rings is 4. The zero-order chi connectivity index (χ0) is 32.3. The lowest BCUT2D eigenvalue weighted by Crippen LogP contribution is -2.29. The number of thiophene rings is 1. The van der Waals surface area contributed by atoms with E-state index in [1.807, 2.05) is 66.0 Å². The van der Waals surface area contributed by atoms with Crippen molar-refractivity contribution in [3.05, 3.63) is 144 Å². The second-order valence-electron chi connectivity index (χ2n) is 9.71. The molecule has 0 saturated heterocycles. The molecule has 2 heterocycles. The predicted molar refractivity (Wildman–Crippen MR) is 183 cm³/mol. The number of amides is 3. The lowest BCUT2D eigenvalue weighted by atomic mass is 10.1. The minimum Gasteiger partial charge on any atom is -0.443 e. The Labute approximate surface area is 273 Å². The van der Waals surface area contributed by atoms with Crippen molar-refractivity contribution in [2.24, 2.45) is 10.2 Å². The Morgan fingerprint density at radius 2 is 1.30 bits per heavy atom. The highest BCUT2D eigenvalue weighted by atomic mass is 32.1. The maximum Gasteiger partial charge on any atom is 0.324 e. The molecule has 0 bridgehead atoms. The van der Waals surface area contributed by atoms with Crippen molar-refractivity contribution in [3.8, 4) is 16.6 Å². The van der Waals surface area contributed by atoms with E-state index < -0.39 is 11.9 Å². The largest absolute Gasteiger partial charge is 0.443 e. The molecule has 3 amide bonds. The van der Waals surface area contributed by atoms with E-state index in [-0.39, 0.29) is 28.6 Å². The molecule has 232 valence electrons. The molecular formula is C35H27N7O4S. The quantitative estimate of drug-likeness (QED) is 0.0821. The van der Waals surface area contributed by atoms with Gasteiger partial charge in [0.05, 0.1) is 5.69 Å². The fraction of sp³-hybridized carbons (Fsp3) is 0. The minimum atomic E-state index is -0.692. The van der Waals surface area contributed by atoms with Gasteiger partial charge in [-0.15, -0.1) is 16.5 Å². The van der Waals surface area contributed by atoms with Gasteiger partial charge in [0.15, 0.2) is 28.1 Å². The SMILES string of the molecule is O=C(Nc1ccccc1)Nc1nc(Nc2ccccc2)c(C(=O)NOc2ccccc2)c(Oc2cccs2)c1N=Nc1ccccc1. The van der Waals surface area contributed by atoms with Gasteiger partial charge >= 0.3 is 6.03 Å². The molecule has 6 rings (SSSR count). The molecule has 0 radical (unpaired) electrons. The number of urea groups is 1. The smallest absolute Gasteiger partial charge is 0.324 e. The van der Waals surface area contributed by atoms with Gasteiger partial charge in [0, 0.05) is 11.4 Å². The fourth-order valence-corrected chi connectivity index (χ4v) is 4.83. The van der Waals surface area contributed by atoms with E-state index in [1.165, 1.54) is 11.3 Å². The van der Waals surface area contributed by atoms with Gasteiger partial charge in [-0.25, -0.2) is 9.78 Å². The molecule has 11 nitrogen and oxygen atoms in total. The molecule has 2 aromatic heterocycles. The third-order valence-electron chi connectivity index (χ3n) is 6.38. The Morgan fingerprint density at radius 3 is 1.96 bits per heavy atom. The topological polar surface area (TPSA) is 138 Å². The first kappa shape index (κ1) is 30.5. The summed E-state index contributed by atoms with van der Waals surface area (Å²) in [5.41, 5.74) is 4.15. The van der Waals surface area contributed by atoms with E-state index in [0.717, 1.165) is 0 Å². The van der Waals surface area contributed by atoms with Gasteiger partial charge in [-0.05, 0) is 66.0 Å². The summed E-state index contributed by atoms with van der Waals surface area (Å²) in [6, 6.07) is 38.8. The molecule has 0 atom stereocenters. The van der Waals surface area contributed by atoms with Crippen molar-refractivity contribution in [3.63, 3.8) is 0 Å². The maximum absolute atomic E-state index is 14.0. The molecule has 0 aliphatic carbocycles. The molecule has 0 spiro atoms. The molecule has 6 aromatic rings. The molecule has 12 heteroatoms. The Morgan fingerprint density at radius 1 is 0.660 bits per heavy atom. The second-order valence-corrected chi connectivity index (χ2v) is 10.6. The summed E-state index contributed by atoms with van der Waals surface area (Å²) >= 11 is 1.30. The first-order chi connectivity index (χ1) is 23.1. The van der Waals surface area contributed by atoms with E-state index in [9.17, 15) is 9.59 Å². The van der Waals surface area contributed by atoms with Crippen LogP contribution in [0.3, 0.4) is 0 Å². The first-order valence-electron chi connectivity index (χ1n) is 14.4. The summed E-state index contributed by atoms with van der Waals surface area (Å²) in [7, 11) is 0. The monoisotopic (exact) mass is 641 g/mol. The van der Waals surface area contributed by atoms with Crippen LogP contribution in [0.25, 0.3) is 0 Å². The molecule has 0 aliphatic rings. The van der Waals surface area contributed by atoms with E-state index in [4.69, 9.17) is 14.6 Å². The number of para-hydroxylation sites is 3. The van der Waals surface area contributed by atoms with Crippen LogP contribution < -0.4 is 31.0 Å². The first-order valence-corrected chi connectivity index (χ1v) is 15.2. The zero-order valence-electron chi connectivity index (χ0n) is 24.7. The summed E-state index contributed by atoms with van der Waals surface area (Å²) < 4.78 is 6.36. The number of carbonyl (C=O) groups is 2. The lowest BCUT2D eigenvalue weighted by molar-refractivity contribution is 0.0758. The highest BCUT2D eigenvalue weighted by molar-refractivity contribution is 7.11. The minimum absolute atomic E-state index is 0.00561. The van der Waals surface area contributed by atoms with Crippen molar-refractivity contribution in [2.75, 3.05) is 16.0 Å². The highest BCUT2D eigenvalue weighted by Gasteiger charge is 2.29. The zero-order valence-corrected chi connectivity index (χ0v) is 25.5. The number of rotatable bonds is 11. The maximum atomic E-state index is 14.0. The van der Waals surface area contributed by atoms with Crippen LogP contribution in [0.2, 0.25) is 0 Å². The summed E-state index contributed by atoms with van der Waals surface area (Å²) in [5.74, 6) is -0.270. The van der Waals surface area contributed by atoms with E-state index >= 15 is 0 Å². The van der Waals surface area contributed by atoms with Gasteiger partial charge in [0.2, 0.25) is 0 Å². The van der Waals surface area contributed by atoms with Crippen LogP contribution in [0.1, 0.15) is 10.4 Å². The van der Waals surface area contributed by atoms with Crippen molar-refractivity contribution in [2.45, 2.75) is 0 Å². The van der Waals surface area contributed by atoms with Crippen LogP contribution in [0.15, 0.2) is 149 Å². The number of hydrogen-bond donors (Lipinski definition) is 4. The summed E-state index contributed by atoms with van der Waals surface area (Å²) in [4.78, 5) is 37.6. The van der Waals surface area contributed by atoms with Gasteiger partial charge in [0.1, 0.15) is 11.4 Å². The predicted octanol–water partition coefficient (Wildman–Crippen LogP) is 9.46. The summed E-state index contributed by atoms with van der Waals surface area (Å²) in [5, 5.41) is 19.9. The number of ether oxygens (including phenoxy) is 1. The second kappa shape index (κ2) is 15.0. The van der Waals surface area contributed by atoms with Gasteiger partial charge in [-0.3, -0.25) is 10.1 Å². The standard InChI is InChI=1S/C35H27N7O4S/c43-34(42-46-27-20-11-4-12-21-27)29-31(45-28-22-13-23-47-28)30(41-40-26-18-9-3-10-19-26)33(38-32(29)36-24-14-5-1-6-15-24)39-35(44)37-25-16-7-2-8-17-25/h1-23H,(H,42,43)(H3,36,37,38,39,44). The van der Waals surface area contributed by atoms with Crippen molar-refractivity contribution in [1.29, 1.82) is 0 Å². The van der Waals surface area contributed by atoms with Crippen LogP contribution in [0.5, 0.6) is 16.6 Å². The van der Waals surface area contributed by atoms with Crippen LogP contribution in [-0.4, -0.2) is 16.9 Å². The number of nitrogens with zero attached hydrogens (tertiary/aromatic N) is 3. The Hall–Kier alpha value is -6.53. The molecule has 0 aliphatic heterocycles. The molecular weight excluding hydrogens is 614 g/mol. The average molecular weight is 642 g/mol. The Bertz CT molecular complexity index is 1960. The Kier molecular flexibility index (Phi) is 9.71. The number of carbonyl (C=O) groups excluding carboxylic acids is 2. The van der Waals surface area contributed by atoms with E-state index in [0.29, 0.717) is 27.9 Å². The molecule has 4 aromatic carbocycles. The van der Waals surface area contributed by atoms with Gasteiger partial charge in [-0.2, -0.15) is 10.6 Å². The van der Waals surface area contributed by atoms with Gasteiger partial charge < -0.3 is 20.2 Å². The average Bonchev–Trinajstić information content (AvgIpc) is 3.62. The third kappa shape index (κ3) is 8.15. The number of pyridine rings is 1. The molecule has 4 N–H and O–H groups in total. The molecule has 0 unspecified atom stereocenters. The summed E-state index contributed by atoms with van der Waals surface area (Å²) in [6.07, 6.45) is 0. The molecule has 0 fully saturated rings. The number of anilines is 4. The third-order valence-corrected chi connectivity index (χ3v) is 7.12. The number of azo groups is 1. The van der Waals surface area contributed by atoms with Crippen molar-refractivity contribution >= 4 is 57.7 Å². The Balaban J connectivity index is 1.50. The number of hydroxylamine groups is 1. The number of hydrogen-bond acceptors (Lipinski definition) is 9. The van der Waals surface area contributed by atoms with Gasteiger partial charge in [0.25, 0.3) is 5.91 Å². The number of aromatic nitrogens is 1. The molecule has 47 heavy (non-hydrogen) atoms. The van der Waals surface area contributed by atoms with Crippen molar-refractivity contribution in [1.82, 2.24) is 10.5 Å².